The first-order valence-corrected chi connectivity index (χ1v) is 2.95. The molecule has 0 saturated heterocycles. The summed E-state index contributed by atoms with van der Waals surface area (Å²) >= 11 is 0. The first-order chi connectivity index (χ1) is 5.84. The molecule has 0 spiro atoms. The molecule has 13 heavy (non-hydrogen) atoms. The van der Waals surface area contributed by atoms with Gasteiger partial charge in [0, 0.05) is 6.20 Å². The summed E-state index contributed by atoms with van der Waals surface area (Å²) in [6.45, 7) is 0. The topological polar surface area (TPSA) is 89.4 Å². The van der Waals surface area contributed by atoms with Gasteiger partial charge in [0.25, 0.3) is 0 Å². The highest BCUT2D eigenvalue weighted by molar-refractivity contribution is 6.30. The fraction of sp³-hybridized carbons (Fsp3) is 0.250. The quantitative estimate of drug-likeness (QED) is 0.418. The van der Waals surface area contributed by atoms with Crippen molar-refractivity contribution in [3.63, 3.8) is 0 Å². The van der Waals surface area contributed by atoms with Crippen LogP contribution in [-0.4, -0.2) is 32.6 Å². The van der Waals surface area contributed by atoms with E-state index < -0.39 is 19.2 Å². The Labute approximate surface area is 71.0 Å². The number of hydrogen-bond acceptors (Lipinski definition) is 4. The highest BCUT2D eigenvalue weighted by Gasteiger charge is 2.31. The van der Waals surface area contributed by atoms with Crippen LogP contribution in [0.4, 0.5) is 13.2 Å². The number of nitrogens with one attached hydrogen (secondary N) is 1. The zero-order valence-corrected chi connectivity index (χ0v) is 6.15. The lowest BCUT2D eigenvalue weighted by molar-refractivity contribution is -0.141. The molecule has 1 aromatic rings. The Balaban J connectivity index is 0.000000310. The molecule has 5 nitrogen and oxygen atoms in total. The third kappa shape index (κ3) is 6.14. The smallest absolute Gasteiger partial charge is 0.402 e. The summed E-state index contributed by atoms with van der Waals surface area (Å²) < 4.78 is 34.6. The Morgan fingerprint density at radius 3 is 1.92 bits per heavy atom. The fourth-order valence-electron chi connectivity index (χ4n) is 0.414. The molecule has 0 amide bonds. The minimum Gasteiger partial charge on any atom is -0.402 e. The number of nitrogens with zero attached hydrogens (tertiary/aromatic N) is 1. The number of hydrogen-bond donors (Lipinski definition) is 4. The van der Waals surface area contributed by atoms with Crippen LogP contribution < -0.4 is 0 Å². The molecule has 0 fully saturated rings. The van der Waals surface area contributed by atoms with E-state index in [0.717, 1.165) is 12.3 Å². The maximum Gasteiger partial charge on any atom is 0.631 e. The number of H-pyrrole nitrogens is 1. The second kappa shape index (κ2) is 4.85. The average Bonchev–Trinajstić information content (AvgIpc) is 2.31. The monoisotopic (exact) mass is 198 g/mol. The van der Waals surface area contributed by atoms with Gasteiger partial charge in [-0.2, -0.15) is 18.3 Å². The van der Waals surface area contributed by atoms with Crippen LogP contribution in [0.2, 0.25) is 0 Å². The van der Waals surface area contributed by atoms with Gasteiger partial charge < -0.3 is 15.1 Å². The molecular formula is C4H6BF3N2O3. The Hall–Kier alpha value is -1.06. The highest BCUT2D eigenvalue weighted by atomic mass is 19.4. The summed E-state index contributed by atoms with van der Waals surface area (Å²) in [5.74, 6) is 0. The summed E-state index contributed by atoms with van der Waals surface area (Å²) in [5, 5.41) is 26.4. The molecule has 0 aliphatic carbocycles. The van der Waals surface area contributed by atoms with Crippen LogP contribution >= 0.6 is 0 Å². The summed E-state index contributed by atoms with van der Waals surface area (Å²) in [4.78, 5) is 0. The van der Waals surface area contributed by atoms with Gasteiger partial charge in [0.2, 0.25) is 0 Å². The number of aromatic nitrogens is 2. The molecule has 1 aromatic heterocycles. The zero-order valence-electron chi connectivity index (χ0n) is 6.15. The Kier molecular flexibility index (Phi) is 4.45. The molecule has 0 atom stereocenters. The summed E-state index contributed by atoms with van der Waals surface area (Å²) in [6, 6.07) is 0.875. The molecule has 1 heterocycles. The third-order valence-electron chi connectivity index (χ3n) is 0.806. The minimum atomic E-state index is -4.30. The first-order valence-electron chi connectivity index (χ1n) is 2.95. The van der Waals surface area contributed by atoms with Gasteiger partial charge in [-0.25, -0.2) is 0 Å². The van der Waals surface area contributed by atoms with Crippen LogP contribution in [-0.2, 0) is 6.18 Å². The Bertz CT molecular complexity index is 222. The maximum absolute atomic E-state index is 11.5. The highest BCUT2D eigenvalue weighted by Crippen LogP contribution is 2.26. The lowest BCUT2D eigenvalue weighted by atomic mass is 10.3. The van der Waals surface area contributed by atoms with Gasteiger partial charge >= 0.3 is 13.5 Å². The largest absolute Gasteiger partial charge is 0.631 e. The first kappa shape index (κ1) is 11.9. The van der Waals surface area contributed by atoms with Gasteiger partial charge in [-0.3, -0.25) is 5.10 Å². The molecular weight excluding hydrogens is 192 g/mol. The second-order valence-electron chi connectivity index (χ2n) is 1.81. The lowest BCUT2D eigenvalue weighted by Crippen LogP contribution is -2.07. The molecule has 0 bridgehead atoms. The molecule has 0 radical (unpaired) electrons. The van der Waals surface area contributed by atoms with Gasteiger partial charge in [-0.05, 0) is 6.07 Å². The number of halogens is 3. The van der Waals surface area contributed by atoms with Crippen molar-refractivity contribution >= 4 is 7.32 Å². The van der Waals surface area contributed by atoms with E-state index in [2.05, 4.69) is 5.10 Å². The minimum absolute atomic E-state index is 0.817. The van der Waals surface area contributed by atoms with E-state index in [9.17, 15) is 13.2 Å². The van der Waals surface area contributed by atoms with Gasteiger partial charge in [-0.1, -0.05) is 0 Å². The van der Waals surface area contributed by atoms with Crippen LogP contribution in [0.25, 0.3) is 0 Å². The van der Waals surface area contributed by atoms with E-state index in [-0.39, 0.29) is 0 Å². The molecule has 0 aliphatic rings. The number of aromatic amines is 1. The summed E-state index contributed by atoms with van der Waals surface area (Å²) in [5.41, 5.74) is -0.817. The van der Waals surface area contributed by atoms with Crippen LogP contribution in [0.15, 0.2) is 12.3 Å². The van der Waals surface area contributed by atoms with Gasteiger partial charge in [-0.15, -0.1) is 0 Å². The van der Waals surface area contributed by atoms with E-state index in [0.29, 0.717) is 0 Å². The molecule has 74 valence electrons. The van der Waals surface area contributed by atoms with Gasteiger partial charge in [0.05, 0.1) is 0 Å². The Morgan fingerprint density at radius 2 is 1.77 bits per heavy atom. The van der Waals surface area contributed by atoms with Crippen LogP contribution in [0.5, 0.6) is 0 Å². The van der Waals surface area contributed by atoms with E-state index in [1.54, 1.807) is 5.10 Å². The van der Waals surface area contributed by atoms with Crippen molar-refractivity contribution in [2.24, 2.45) is 0 Å². The van der Waals surface area contributed by atoms with Crippen LogP contribution in [0.1, 0.15) is 5.69 Å². The van der Waals surface area contributed by atoms with Crippen molar-refractivity contribution in [3.05, 3.63) is 18.0 Å². The van der Waals surface area contributed by atoms with Crippen LogP contribution in [0.3, 0.4) is 0 Å². The number of alkyl halides is 3. The van der Waals surface area contributed by atoms with Crippen molar-refractivity contribution in [3.8, 4) is 0 Å². The van der Waals surface area contributed by atoms with Gasteiger partial charge in [0.1, 0.15) is 5.69 Å². The maximum atomic E-state index is 11.5. The summed E-state index contributed by atoms with van der Waals surface area (Å²) in [6.07, 6.45) is -3.24. The van der Waals surface area contributed by atoms with Crippen molar-refractivity contribution in [2.75, 3.05) is 0 Å². The fourth-order valence-corrected chi connectivity index (χ4v) is 0.414. The predicted molar refractivity (Wildman–Crippen MR) is 36.0 cm³/mol. The molecule has 1 rings (SSSR count). The molecule has 9 heteroatoms. The second-order valence-corrected chi connectivity index (χ2v) is 1.81. The van der Waals surface area contributed by atoms with Gasteiger partial charge in [0.15, 0.2) is 0 Å². The summed E-state index contributed by atoms with van der Waals surface area (Å²) in [7, 11) is -2.17. The van der Waals surface area contributed by atoms with Crippen molar-refractivity contribution < 1.29 is 28.2 Å². The van der Waals surface area contributed by atoms with E-state index in [1.165, 1.54) is 0 Å². The van der Waals surface area contributed by atoms with E-state index in [4.69, 9.17) is 15.1 Å². The SMILES string of the molecule is FC(F)(F)c1ccn[nH]1.OB(O)O. The molecule has 0 aromatic carbocycles. The molecule has 4 N–H and O–H groups in total. The molecule has 0 aliphatic heterocycles. The van der Waals surface area contributed by atoms with E-state index in [1.807, 2.05) is 0 Å². The van der Waals surface area contributed by atoms with E-state index >= 15 is 0 Å². The van der Waals surface area contributed by atoms with Crippen molar-refractivity contribution in [1.82, 2.24) is 10.2 Å². The molecule has 0 saturated carbocycles. The van der Waals surface area contributed by atoms with Crippen LogP contribution in [0, 0.1) is 0 Å². The van der Waals surface area contributed by atoms with Crippen molar-refractivity contribution in [1.29, 1.82) is 0 Å². The Morgan fingerprint density at radius 1 is 1.31 bits per heavy atom. The lowest BCUT2D eigenvalue weighted by Gasteiger charge is -1.99. The zero-order chi connectivity index (χ0) is 10.5. The third-order valence-corrected chi connectivity index (χ3v) is 0.806. The predicted octanol–water partition coefficient (Wildman–Crippen LogP) is -0.623. The number of rotatable bonds is 0. The standard InChI is InChI=1S/C4H3F3N2.BH3O3/c5-4(6,7)3-1-2-8-9-3;2-1(3)4/h1-2H,(H,8,9);2-4H. The molecule has 0 unspecified atom stereocenters. The normalized spacial score (nSPS) is 10.3. The van der Waals surface area contributed by atoms with Crippen molar-refractivity contribution in [2.45, 2.75) is 6.18 Å². The average molecular weight is 198 g/mol.